The number of hydrogen-bond donors (Lipinski definition) is 1. The van der Waals surface area contributed by atoms with Crippen LogP contribution in [-0.2, 0) is 23.3 Å². The third kappa shape index (κ3) is 6.55. The molecule has 1 N–H and O–H groups in total. The predicted molar refractivity (Wildman–Crippen MR) is 139 cm³/mol. The average Bonchev–Trinajstić information content (AvgIpc) is 3.19. The van der Waals surface area contributed by atoms with Crippen LogP contribution in [0.15, 0.2) is 72.8 Å². The van der Waals surface area contributed by atoms with Gasteiger partial charge in [-0.3, -0.25) is 4.79 Å². The highest BCUT2D eigenvalue weighted by Gasteiger charge is 2.14. The second-order valence-corrected chi connectivity index (χ2v) is 9.75. The molecule has 0 radical (unpaired) electrons. The zero-order chi connectivity index (χ0) is 24.8. The second kappa shape index (κ2) is 10.8. The molecular formula is C28H30ClN3O3. The standard InChI is InChI=1S/C28H30ClN3O3/c1-28(2,3)20-8-12-22(13-9-20)34-17-16-32-25-7-5-4-6-24(25)31-26(32)18-30-27(33)19-35-23-14-10-21(29)11-15-23/h4-15H,16-19H2,1-3H3,(H,30,33). The number of benzene rings is 3. The summed E-state index contributed by atoms with van der Waals surface area (Å²) in [5, 5.41) is 3.51. The molecule has 35 heavy (non-hydrogen) atoms. The molecule has 182 valence electrons. The molecule has 0 fully saturated rings. The zero-order valence-electron chi connectivity index (χ0n) is 20.3. The number of ether oxygens (including phenoxy) is 2. The molecule has 0 aliphatic rings. The fourth-order valence-electron chi connectivity index (χ4n) is 3.72. The number of carbonyl (C=O) groups is 1. The molecule has 0 saturated carbocycles. The molecule has 0 aliphatic heterocycles. The van der Waals surface area contributed by atoms with Crippen LogP contribution in [0.25, 0.3) is 11.0 Å². The molecular weight excluding hydrogens is 462 g/mol. The van der Waals surface area contributed by atoms with E-state index in [9.17, 15) is 4.79 Å². The fourth-order valence-corrected chi connectivity index (χ4v) is 3.85. The molecule has 0 unspecified atom stereocenters. The van der Waals surface area contributed by atoms with Crippen molar-refractivity contribution < 1.29 is 14.3 Å². The Morgan fingerprint density at radius 1 is 0.943 bits per heavy atom. The molecule has 0 aliphatic carbocycles. The van der Waals surface area contributed by atoms with Gasteiger partial charge in [0.2, 0.25) is 0 Å². The van der Waals surface area contributed by atoms with Crippen molar-refractivity contribution in [3.8, 4) is 11.5 Å². The zero-order valence-corrected chi connectivity index (χ0v) is 21.0. The van der Waals surface area contributed by atoms with Crippen LogP contribution in [0.1, 0.15) is 32.2 Å². The summed E-state index contributed by atoms with van der Waals surface area (Å²) >= 11 is 5.88. The molecule has 1 amide bonds. The van der Waals surface area contributed by atoms with E-state index >= 15 is 0 Å². The average molecular weight is 492 g/mol. The molecule has 0 atom stereocenters. The van der Waals surface area contributed by atoms with Crippen molar-refractivity contribution in [3.63, 3.8) is 0 Å². The van der Waals surface area contributed by atoms with Gasteiger partial charge in [-0.15, -0.1) is 0 Å². The van der Waals surface area contributed by atoms with Gasteiger partial charge < -0.3 is 19.4 Å². The summed E-state index contributed by atoms with van der Waals surface area (Å²) in [6.07, 6.45) is 0. The summed E-state index contributed by atoms with van der Waals surface area (Å²) in [7, 11) is 0. The molecule has 7 heteroatoms. The Morgan fingerprint density at radius 3 is 2.31 bits per heavy atom. The van der Waals surface area contributed by atoms with Crippen molar-refractivity contribution in [3.05, 3.63) is 89.2 Å². The summed E-state index contributed by atoms with van der Waals surface area (Å²) in [4.78, 5) is 17.1. The Bertz CT molecular complexity index is 1280. The van der Waals surface area contributed by atoms with Gasteiger partial charge in [0.25, 0.3) is 5.91 Å². The number of aromatic nitrogens is 2. The quantitative estimate of drug-likeness (QED) is 0.323. The largest absolute Gasteiger partial charge is 0.492 e. The number of imidazole rings is 1. The van der Waals surface area contributed by atoms with E-state index in [1.807, 2.05) is 36.4 Å². The number of halogens is 1. The molecule has 0 spiro atoms. The monoisotopic (exact) mass is 491 g/mol. The maximum Gasteiger partial charge on any atom is 0.258 e. The van der Waals surface area contributed by atoms with E-state index in [1.165, 1.54) is 5.56 Å². The molecule has 6 nitrogen and oxygen atoms in total. The molecule has 1 aromatic heterocycles. The Kier molecular flexibility index (Phi) is 7.61. The number of rotatable bonds is 9. The minimum atomic E-state index is -0.228. The first-order valence-electron chi connectivity index (χ1n) is 11.6. The van der Waals surface area contributed by atoms with E-state index in [0.717, 1.165) is 22.6 Å². The van der Waals surface area contributed by atoms with Gasteiger partial charge in [0.15, 0.2) is 6.61 Å². The fraction of sp³-hybridized carbons (Fsp3) is 0.286. The molecule has 0 saturated heterocycles. The predicted octanol–water partition coefficient (Wildman–Crippen LogP) is 5.76. The number of fused-ring (bicyclic) bond motifs is 1. The lowest BCUT2D eigenvalue weighted by atomic mass is 9.87. The van der Waals surface area contributed by atoms with Crippen LogP contribution in [0.2, 0.25) is 5.02 Å². The number of nitrogens with zero attached hydrogens (tertiary/aromatic N) is 2. The van der Waals surface area contributed by atoms with Crippen LogP contribution in [0.4, 0.5) is 0 Å². The molecule has 4 aromatic rings. The highest BCUT2D eigenvalue weighted by atomic mass is 35.5. The minimum Gasteiger partial charge on any atom is -0.492 e. The maximum absolute atomic E-state index is 12.4. The lowest BCUT2D eigenvalue weighted by molar-refractivity contribution is -0.123. The van der Waals surface area contributed by atoms with Crippen molar-refractivity contribution >= 4 is 28.5 Å². The van der Waals surface area contributed by atoms with E-state index in [0.29, 0.717) is 23.9 Å². The first kappa shape index (κ1) is 24.6. The lowest BCUT2D eigenvalue weighted by Crippen LogP contribution is -2.29. The number of amides is 1. The van der Waals surface area contributed by atoms with Crippen LogP contribution in [-0.4, -0.2) is 28.7 Å². The van der Waals surface area contributed by atoms with Crippen LogP contribution in [0, 0.1) is 0 Å². The Morgan fingerprint density at radius 2 is 1.60 bits per heavy atom. The molecule has 3 aromatic carbocycles. The van der Waals surface area contributed by atoms with Gasteiger partial charge >= 0.3 is 0 Å². The summed E-state index contributed by atoms with van der Waals surface area (Å²) < 4.78 is 13.6. The summed E-state index contributed by atoms with van der Waals surface area (Å²) in [5.74, 6) is 1.95. The Labute approximate surface area is 210 Å². The number of carbonyl (C=O) groups excluding carboxylic acids is 1. The van der Waals surface area contributed by atoms with E-state index in [2.05, 4.69) is 42.8 Å². The van der Waals surface area contributed by atoms with Gasteiger partial charge in [-0.2, -0.15) is 0 Å². The SMILES string of the molecule is CC(C)(C)c1ccc(OCCn2c(CNC(=O)COc3ccc(Cl)cc3)nc3ccccc32)cc1. The van der Waals surface area contributed by atoms with E-state index in [-0.39, 0.29) is 24.5 Å². The van der Waals surface area contributed by atoms with Gasteiger partial charge in [-0.05, 0) is 59.5 Å². The van der Waals surface area contributed by atoms with Gasteiger partial charge in [-0.1, -0.05) is 56.6 Å². The molecule has 4 rings (SSSR count). The van der Waals surface area contributed by atoms with Gasteiger partial charge in [0.1, 0.15) is 23.9 Å². The van der Waals surface area contributed by atoms with Gasteiger partial charge in [0.05, 0.1) is 24.1 Å². The third-order valence-corrected chi connectivity index (χ3v) is 5.92. The number of para-hydroxylation sites is 2. The molecule has 0 bridgehead atoms. The topological polar surface area (TPSA) is 65.4 Å². The van der Waals surface area contributed by atoms with E-state index in [1.54, 1.807) is 24.3 Å². The summed E-state index contributed by atoms with van der Waals surface area (Å²) in [6.45, 7) is 7.86. The number of hydrogen-bond acceptors (Lipinski definition) is 4. The van der Waals surface area contributed by atoms with Crippen molar-refractivity contribution in [2.75, 3.05) is 13.2 Å². The summed E-state index contributed by atoms with van der Waals surface area (Å²) in [5.41, 5.74) is 3.25. The molecule has 1 heterocycles. The first-order chi connectivity index (χ1) is 16.8. The Balaban J connectivity index is 1.36. The van der Waals surface area contributed by atoms with Gasteiger partial charge in [0, 0.05) is 5.02 Å². The smallest absolute Gasteiger partial charge is 0.258 e. The van der Waals surface area contributed by atoms with Crippen molar-refractivity contribution in [2.24, 2.45) is 0 Å². The highest BCUT2D eigenvalue weighted by Crippen LogP contribution is 2.24. The normalized spacial score (nSPS) is 11.4. The summed E-state index contributed by atoms with van der Waals surface area (Å²) in [6, 6.07) is 23.0. The van der Waals surface area contributed by atoms with Crippen molar-refractivity contribution in [2.45, 2.75) is 39.3 Å². The van der Waals surface area contributed by atoms with Crippen LogP contribution < -0.4 is 14.8 Å². The van der Waals surface area contributed by atoms with Crippen LogP contribution >= 0.6 is 11.6 Å². The van der Waals surface area contributed by atoms with Crippen LogP contribution in [0.5, 0.6) is 11.5 Å². The van der Waals surface area contributed by atoms with Crippen molar-refractivity contribution in [1.29, 1.82) is 0 Å². The first-order valence-corrected chi connectivity index (χ1v) is 12.0. The second-order valence-electron chi connectivity index (χ2n) is 9.31. The Hall–Kier alpha value is -3.51. The van der Waals surface area contributed by atoms with Crippen LogP contribution in [0.3, 0.4) is 0 Å². The van der Waals surface area contributed by atoms with E-state index in [4.69, 9.17) is 26.1 Å². The third-order valence-electron chi connectivity index (χ3n) is 5.66. The maximum atomic E-state index is 12.4. The number of nitrogens with one attached hydrogen (secondary N) is 1. The van der Waals surface area contributed by atoms with Gasteiger partial charge in [-0.25, -0.2) is 4.98 Å². The lowest BCUT2D eigenvalue weighted by Gasteiger charge is -2.19. The van der Waals surface area contributed by atoms with Crippen molar-refractivity contribution in [1.82, 2.24) is 14.9 Å². The minimum absolute atomic E-state index is 0.0878. The highest BCUT2D eigenvalue weighted by molar-refractivity contribution is 6.30. The van der Waals surface area contributed by atoms with E-state index < -0.39 is 0 Å².